The van der Waals surface area contributed by atoms with Crippen molar-refractivity contribution in [1.29, 1.82) is 0 Å². The standard InChI is InChI=1S/C11H15N3O2S2/c1-2-9-3-4-10(17-9)18(15,16)14-7-5-11(6-8-14)12-13-11/h3-4H,2,5-8H2,1H3. The fourth-order valence-electron chi connectivity index (χ4n) is 2.17. The molecule has 2 aliphatic heterocycles. The molecule has 0 amide bonds. The molecule has 0 N–H and O–H groups in total. The molecule has 98 valence electrons. The zero-order valence-electron chi connectivity index (χ0n) is 10.2. The summed E-state index contributed by atoms with van der Waals surface area (Å²) in [4.78, 5) is 1.11. The van der Waals surface area contributed by atoms with Gasteiger partial charge in [0.25, 0.3) is 10.0 Å². The maximum atomic E-state index is 12.4. The zero-order chi connectivity index (χ0) is 12.8. The molecule has 1 spiro atoms. The summed E-state index contributed by atoms with van der Waals surface area (Å²) in [6, 6.07) is 3.61. The van der Waals surface area contributed by atoms with E-state index >= 15 is 0 Å². The maximum absolute atomic E-state index is 12.4. The van der Waals surface area contributed by atoms with E-state index in [1.807, 2.05) is 13.0 Å². The van der Waals surface area contributed by atoms with Crippen LogP contribution in [-0.2, 0) is 16.4 Å². The highest BCUT2D eigenvalue weighted by Crippen LogP contribution is 2.40. The lowest BCUT2D eigenvalue weighted by molar-refractivity contribution is 0.295. The summed E-state index contributed by atoms with van der Waals surface area (Å²) in [6.45, 7) is 3.08. The molecule has 0 saturated carbocycles. The lowest BCUT2D eigenvalue weighted by atomic mass is 10.0. The lowest BCUT2D eigenvalue weighted by Crippen LogP contribution is -2.41. The van der Waals surface area contributed by atoms with Crippen LogP contribution in [0.5, 0.6) is 0 Å². The predicted octanol–water partition coefficient (Wildman–Crippen LogP) is 2.26. The molecule has 7 heteroatoms. The predicted molar refractivity (Wildman–Crippen MR) is 69.3 cm³/mol. The van der Waals surface area contributed by atoms with Crippen LogP contribution in [0.25, 0.3) is 0 Å². The highest BCUT2D eigenvalue weighted by Gasteiger charge is 2.45. The van der Waals surface area contributed by atoms with Crippen molar-refractivity contribution in [2.75, 3.05) is 13.1 Å². The van der Waals surface area contributed by atoms with E-state index in [-0.39, 0.29) is 5.66 Å². The van der Waals surface area contributed by atoms with Crippen molar-refractivity contribution in [1.82, 2.24) is 4.31 Å². The third-order valence-corrected chi connectivity index (χ3v) is 7.08. The first-order valence-electron chi connectivity index (χ1n) is 6.09. The summed E-state index contributed by atoms with van der Waals surface area (Å²) in [7, 11) is -3.31. The number of nitrogens with zero attached hydrogens (tertiary/aromatic N) is 3. The summed E-state index contributed by atoms with van der Waals surface area (Å²) in [5.41, 5.74) is -0.226. The molecule has 0 unspecified atom stereocenters. The highest BCUT2D eigenvalue weighted by molar-refractivity contribution is 7.91. The Morgan fingerprint density at radius 3 is 2.50 bits per heavy atom. The van der Waals surface area contributed by atoms with E-state index in [1.165, 1.54) is 11.3 Å². The van der Waals surface area contributed by atoms with Crippen LogP contribution in [0.15, 0.2) is 26.6 Å². The van der Waals surface area contributed by atoms with Gasteiger partial charge < -0.3 is 0 Å². The van der Waals surface area contributed by atoms with Crippen molar-refractivity contribution >= 4 is 21.4 Å². The Kier molecular flexibility index (Phi) is 2.80. The van der Waals surface area contributed by atoms with Crippen LogP contribution in [0.3, 0.4) is 0 Å². The van der Waals surface area contributed by atoms with Crippen LogP contribution in [0.2, 0.25) is 0 Å². The second-order valence-electron chi connectivity index (χ2n) is 4.66. The van der Waals surface area contributed by atoms with E-state index in [9.17, 15) is 8.42 Å². The van der Waals surface area contributed by atoms with Gasteiger partial charge in [-0.1, -0.05) is 6.92 Å². The SMILES string of the molecule is CCc1ccc(S(=O)(=O)N2CCC3(CC2)N=N3)s1. The normalized spacial score (nSPS) is 22.5. The molecule has 1 aromatic rings. The number of thiophene rings is 1. The van der Waals surface area contributed by atoms with Gasteiger partial charge in [-0.15, -0.1) is 11.3 Å². The average Bonchev–Trinajstić information content (AvgIpc) is 2.95. The van der Waals surface area contributed by atoms with Gasteiger partial charge in [0, 0.05) is 30.8 Å². The number of aryl methyl sites for hydroxylation is 1. The van der Waals surface area contributed by atoms with E-state index in [0.29, 0.717) is 17.3 Å². The van der Waals surface area contributed by atoms with Gasteiger partial charge in [-0.25, -0.2) is 8.42 Å². The van der Waals surface area contributed by atoms with Crippen LogP contribution in [0, 0.1) is 0 Å². The summed E-state index contributed by atoms with van der Waals surface area (Å²) in [6.07, 6.45) is 2.32. The Morgan fingerprint density at radius 1 is 1.33 bits per heavy atom. The Labute approximate surface area is 111 Å². The largest absolute Gasteiger partial charge is 0.252 e. The van der Waals surface area contributed by atoms with Crippen LogP contribution >= 0.6 is 11.3 Å². The zero-order valence-corrected chi connectivity index (χ0v) is 11.8. The first kappa shape index (κ1) is 12.3. The number of sulfonamides is 1. The Morgan fingerprint density at radius 2 is 2.00 bits per heavy atom. The molecule has 1 fully saturated rings. The van der Waals surface area contributed by atoms with Crippen LogP contribution < -0.4 is 0 Å². The Balaban J connectivity index is 1.77. The minimum atomic E-state index is -3.31. The van der Waals surface area contributed by atoms with Gasteiger partial charge in [-0.05, 0) is 18.6 Å². The van der Waals surface area contributed by atoms with Crippen LogP contribution in [-0.4, -0.2) is 31.5 Å². The first-order valence-corrected chi connectivity index (χ1v) is 8.34. The minimum absolute atomic E-state index is 0.226. The quantitative estimate of drug-likeness (QED) is 0.855. The van der Waals surface area contributed by atoms with Gasteiger partial charge >= 0.3 is 0 Å². The number of hydrogen-bond donors (Lipinski definition) is 0. The Hall–Kier alpha value is -0.790. The number of hydrogen-bond acceptors (Lipinski definition) is 5. The smallest absolute Gasteiger partial charge is 0.206 e. The fraction of sp³-hybridized carbons (Fsp3) is 0.636. The molecule has 0 radical (unpaired) electrons. The summed E-state index contributed by atoms with van der Waals surface area (Å²) in [5, 5.41) is 8.01. The van der Waals surface area contributed by atoms with E-state index < -0.39 is 10.0 Å². The monoisotopic (exact) mass is 285 g/mol. The van der Waals surface area contributed by atoms with Crippen molar-refractivity contribution in [3.8, 4) is 0 Å². The van der Waals surface area contributed by atoms with E-state index in [4.69, 9.17) is 0 Å². The van der Waals surface area contributed by atoms with Crippen molar-refractivity contribution in [3.63, 3.8) is 0 Å². The highest BCUT2D eigenvalue weighted by atomic mass is 32.2. The van der Waals surface area contributed by atoms with Gasteiger partial charge in [0.2, 0.25) is 0 Å². The average molecular weight is 285 g/mol. The summed E-state index contributed by atoms with van der Waals surface area (Å²) < 4.78 is 26.9. The topological polar surface area (TPSA) is 62.1 Å². The molecule has 1 saturated heterocycles. The third-order valence-electron chi connectivity index (χ3n) is 3.49. The maximum Gasteiger partial charge on any atom is 0.252 e. The van der Waals surface area contributed by atoms with Crippen LogP contribution in [0.1, 0.15) is 24.6 Å². The summed E-state index contributed by atoms with van der Waals surface area (Å²) >= 11 is 1.37. The number of rotatable bonds is 3. The molecule has 0 atom stereocenters. The molecule has 0 aromatic carbocycles. The molecule has 1 aromatic heterocycles. The second-order valence-corrected chi connectivity index (χ2v) is 7.99. The summed E-state index contributed by atoms with van der Waals surface area (Å²) in [5.74, 6) is 0. The van der Waals surface area contributed by atoms with Crippen molar-refractivity contribution in [2.24, 2.45) is 10.2 Å². The third kappa shape index (κ3) is 2.00. The molecule has 3 heterocycles. The molecular weight excluding hydrogens is 270 g/mol. The molecule has 0 aliphatic carbocycles. The fourth-order valence-corrected chi connectivity index (χ4v) is 5.06. The second kappa shape index (κ2) is 4.11. The van der Waals surface area contributed by atoms with Crippen molar-refractivity contribution in [3.05, 3.63) is 17.0 Å². The molecule has 2 aliphatic rings. The van der Waals surface area contributed by atoms with E-state index in [0.717, 1.165) is 24.1 Å². The van der Waals surface area contributed by atoms with E-state index in [2.05, 4.69) is 10.2 Å². The molecule has 3 rings (SSSR count). The Bertz CT molecular complexity index is 575. The van der Waals surface area contributed by atoms with Gasteiger partial charge in [0.15, 0.2) is 5.66 Å². The van der Waals surface area contributed by atoms with Gasteiger partial charge in [0.05, 0.1) is 0 Å². The molecule has 0 bridgehead atoms. The first-order chi connectivity index (χ1) is 8.56. The van der Waals surface area contributed by atoms with Crippen molar-refractivity contribution in [2.45, 2.75) is 36.1 Å². The minimum Gasteiger partial charge on any atom is -0.206 e. The molecular formula is C11H15N3O2S2. The molecule has 18 heavy (non-hydrogen) atoms. The van der Waals surface area contributed by atoms with Crippen LogP contribution in [0.4, 0.5) is 0 Å². The lowest BCUT2D eigenvalue weighted by Gasteiger charge is -2.28. The number of piperidine rings is 1. The molecule has 5 nitrogen and oxygen atoms in total. The van der Waals surface area contributed by atoms with Gasteiger partial charge in [-0.2, -0.15) is 14.5 Å². The van der Waals surface area contributed by atoms with Gasteiger partial charge in [-0.3, -0.25) is 0 Å². The van der Waals surface area contributed by atoms with Crippen molar-refractivity contribution < 1.29 is 8.42 Å². The van der Waals surface area contributed by atoms with Gasteiger partial charge in [0.1, 0.15) is 4.21 Å². The van der Waals surface area contributed by atoms with E-state index in [1.54, 1.807) is 10.4 Å².